The van der Waals surface area contributed by atoms with Gasteiger partial charge in [0.2, 0.25) is 0 Å². The third-order valence-corrected chi connectivity index (χ3v) is 4.72. The van der Waals surface area contributed by atoms with Crippen molar-refractivity contribution in [1.29, 1.82) is 0 Å². The zero-order valence-corrected chi connectivity index (χ0v) is 13.4. The Labute approximate surface area is 127 Å². The Morgan fingerprint density at radius 2 is 2.24 bits per heavy atom. The van der Waals surface area contributed by atoms with Gasteiger partial charge in [-0.15, -0.1) is 0 Å². The van der Waals surface area contributed by atoms with E-state index in [0.29, 0.717) is 0 Å². The minimum atomic E-state index is 0.910. The van der Waals surface area contributed by atoms with Crippen molar-refractivity contribution in [2.24, 2.45) is 5.92 Å². The number of nitrogens with one attached hydrogen (secondary N) is 1. The van der Waals surface area contributed by atoms with Gasteiger partial charge in [0.25, 0.3) is 0 Å². The van der Waals surface area contributed by atoms with Crippen molar-refractivity contribution in [3.63, 3.8) is 0 Å². The molecule has 1 saturated heterocycles. The van der Waals surface area contributed by atoms with Crippen LogP contribution in [0.5, 0.6) is 0 Å². The molecule has 1 fully saturated rings. The lowest BCUT2D eigenvalue weighted by Crippen LogP contribution is -2.20. The molecule has 0 radical (unpaired) electrons. The molecule has 1 N–H and O–H groups in total. The molecular formula is C18H27N3. The highest BCUT2D eigenvalue weighted by Crippen LogP contribution is 2.27. The van der Waals surface area contributed by atoms with Crippen molar-refractivity contribution in [2.45, 2.75) is 52.5 Å². The van der Waals surface area contributed by atoms with Crippen LogP contribution in [0.15, 0.2) is 18.3 Å². The highest BCUT2D eigenvalue weighted by atomic mass is 15.1. The summed E-state index contributed by atoms with van der Waals surface area (Å²) in [6.07, 6.45) is 8.25. The maximum absolute atomic E-state index is 4.49. The number of aryl methyl sites for hydroxylation is 1. The first-order valence-corrected chi connectivity index (χ1v) is 8.48. The molecule has 2 aromatic rings. The lowest BCUT2D eigenvalue weighted by molar-refractivity contribution is 0.313. The summed E-state index contributed by atoms with van der Waals surface area (Å²) in [4.78, 5) is 10.7. The molecule has 3 nitrogen and oxygen atoms in total. The van der Waals surface area contributed by atoms with Crippen LogP contribution in [0.1, 0.15) is 50.8 Å². The van der Waals surface area contributed by atoms with E-state index in [9.17, 15) is 0 Å². The zero-order chi connectivity index (χ0) is 14.7. The van der Waals surface area contributed by atoms with E-state index in [4.69, 9.17) is 0 Å². The molecule has 2 aromatic heterocycles. The molecule has 0 saturated carbocycles. The van der Waals surface area contributed by atoms with E-state index in [-0.39, 0.29) is 0 Å². The van der Waals surface area contributed by atoms with E-state index in [1.165, 1.54) is 55.4 Å². The van der Waals surface area contributed by atoms with Crippen molar-refractivity contribution in [1.82, 2.24) is 14.9 Å². The number of pyridine rings is 1. The number of hydrogen-bond donors (Lipinski definition) is 1. The van der Waals surface area contributed by atoms with E-state index < -0.39 is 0 Å². The molecule has 1 aliphatic rings. The molecule has 114 valence electrons. The monoisotopic (exact) mass is 285 g/mol. The van der Waals surface area contributed by atoms with E-state index >= 15 is 0 Å². The summed E-state index contributed by atoms with van der Waals surface area (Å²) in [5.74, 6) is 0.910. The number of H-pyrrole nitrogens is 1. The maximum Gasteiger partial charge on any atom is 0.137 e. The molecule has 0 aliphatic carbocycles. The predicted octanol–water partition coefficient (Wildman–Crippen LogP) is 4.14. The van der Waals surface area contributed by atoms with Gasteiger partial charge in [-0.25, -0.2) is 4.98 Å². The third-order valence-electron chi connectivity index (χ3n) is 4.72. The largest absolute Gasteiger partial charge is 0.343 e. The van der Waals surface area contributed by atoms with E-state index in [0.717, 1.165) is 24.5 Å². The molecule has 0 bridgehead atoms. The van der Waals surface area contributed by atoms with Gasteiger partial charge in [0.1, 0.15) is 5.65 Å². The van der Waals surface area contributed by atoms with Crippen LogP contribution in [0.25, 0.3) is 11.0 Å². The number of hydrogen-bond acceptors (Lipinski definition) is 2. The Balaban J connectivity index is 1.81. The van der Waals surface area contributed by atoms with E-state index in [1.807, 2.05) is 6.20 Å². The smallest absolute Gasteiger partial charge is 0.137 e. The number of aromatic nitrogens is 2. The van der Waals surface area contributed by atoms with Crippen molar-refractivity contribution in [3.8, 4) is 0 Å². The van der Waals surface area contributed by atoms with Gasteiger partial charge in [-0.05, 0) is 49.4 Å². The molecule has 21 heavy (non-hydrogen) atoms. The van der Waals surface area contributed by atoms with Crippen LogP contribution in [0.2, 0.25) is 0 Å². The van der Waals surface area contributed by atoms with Crippen LogP contribution >= 0.6 is 0 Å². The Kier molecular flexibility index (Phi) is 4.59. The number of rotatable bonds is 6. The molecule has 1 atom stereocenters. The third kappa shape index (κ3) is 3.13. The van der Waals surface area contributed by atoms with Gasteiger partial charge in [-0.1, -0.05) is 26.7 Å². The fourth-order valence-corrected chi connectivity index (χ4v) is 3.70. The molecular weight excluding hydrogens is 258 g/mol. The second-order valence-corrected chi connectivity index (χ2v) is 6.41. The summed E-state index contributed by atoms with van der Waals surface area (Å²) in [5.41, 5.74) is 3.93. The number of fused-ring (bicyclic) bond motifs is 1. The summed E-state index contributed by atoms with van der Waals surface area (Å²) in [6, 6.07) is 4.27. The summed E-state index contributed by atoms with van der Waals surface area (Å²) in [7, 11) is 0. The number of aromatic amines is 1. The maximum atomic E-state index is 4.49. The standard InChI is InChI=1S/C18H27N3/c1-3-6-14-9-11-21(12-14)13-16-15-8-5-10-19-18(15)20-17(16)7-4-2/h5,8,10,14H,3-4,6-7,9,11-13H2,1-2H3,(H,19,20). The Morgan fingerprint density at radius 1 is 1.33 bits per heavy atom. The fraction of sp³-hybridized carbons (Fsp3) is 0.611. The predicted molar refractivity (Wildman–Crippen MR) is 88.4 cm³/mol. The van der Waals surface area contributed by atoms with E-state index in [2.05, 4.69) is 40.8 Å². The summed E-state index contributed by atoms with van der Waals surface area (Å²) < 4.78 is 0. The van der Waals surface area contributed by atoms with Crippen LogP contribution in [0, 0.1) is 5.92 Å². The van der Waals surface area contributed by atoms with Gasteiger partial charge in [-0.3, -0.25) is 4.90 Å². The van der Waals surface area contributed by atoms with E-state index in [1.54, 1.807) is 0 Å². The van der Waals surface area contributed by atoms with Crippen LogP contribution in [-0.4, -0.2) is 28.0 Å². The first kappa shape index (κ1) is 14.6. The van der Waals surface area contributed by atoms with Gasteiger partial charge in [0.15, 0.2) is 0 Å². The quantitative estimate of drug-likeness (QED) is 0.865. The van der Waals surface area contributed by atoms with Gasteiger partial charge >= 0.3 is 0 Å². The lowest BCUT2D eigenvalue weighted by atomic mass is 10.0. The van der Waals surface area contributed by atoms with Crippen molar-refractivity contribution >= 4 is 11.0 Å². The second-order valence-electron chi connectivity index (χ2n) is 6.41. The Morgan fingerprint density at radius 3 is 3.05 bits per heavy atom. The molecule has 0 aromatic carbocycles. The van der Waals surface area contributed by atoms with Gasteiger partial charge in [-0.2, -0.15) is 0 Å². The minimum Gasteiger partial charge on any atom is -0.343 e. The normalized spacial score (nSPS) is 19.6. The van der Waals surface area contributed by atoms with Gasteiger partial charge in [0.05, 0.1) is 0 Å². The molecule has 1 aliphatic heterocycles. The van der Waals surface area contributed by atoms with Gasteiger partial charge < -0.3 is 4.98 Å². The second kappa shape index (κ2) is 6.61. The van der Waals surface area contributed by atoms with Crippen LogP contribution in [0.4, 0.5) is 0 Å². The molecule has 0 spiro atoms. The first-order chi connectivity index (χ1) is 10.3. The SMILES string of the molecule is CCCc1[nH]c2ncccc2c1CN1CCC(CCC)C1. The molecule has 1 unspecified atom stereocenters. The molecule has 0 amide bonds. The first-order valence-electron chi connectivity index (χ1n) is 8.48. The van der Waals surface area contributed by atoms with Crippen molar-refractivity contribution < 1.29 is 0 Å². The summed E-state index contributed by atoms with van der Waals surface area (Å²) in [6.45, 7) is 8.15. The molecule has 3 rings (SSSR count). The van der Waals surface area contributed by atoms with Crippen LogP contribution in [0.3, 0.4) is 0 Å². The Hall–Kier alpha value is -1.35. The highest BCUT2D eigenvalue weighted by Gasteiger charge is 2.23. The average molecular weight is 285 g/mol. The Bertz CT molecular complexity index is 587. The number of nitrogens with zero attached hydrogens (tertiary/aromatic N) is 2. The van der Waals surface area contributed by atoms with Crippen molar-refractivity contribution in [2.75, 3.05) is 13.1 Å². The molecule has 3 heterocycles. The van der Waals surface area contributed by atoms with Gasteiger partial charge in [0, 0.05) is 30.4 Å². The van der Waals surface area contributed by atoms with Crippen molar-refractivity contribution in [3.05, 3.63) is 29.6 Å². The molecule has 3 heteroatoms. The minimum absolute atomic E-state index is 0.910. The lowest BCUT2D eigenvalue weighted by Gasteiger charge is -2.16. The average Bonchev–Trinajstić information content (AvgIpc) is 3.06. The summed E-state index contributed by atoms with van der Waals surface area (Å²) >= 11 is 0. The zero-order valence-electron chi connectivity index (χ0n) is 13.4. The van der Waals surface area contributed by atoms with Crippen LogP contribution in [-0.2, 0) is 13.0 Å². The topological polar surface area (TPSA) is 31.9 Å². The van der Waals surface area contributed by atoms with Crippen LogP contribution < -0.4 is 0 Å². The fourth-order valence-electron chi connectivity index (χ4n) is 3.70. The highest BCUT2D eigenvalue weighted by molar-refractivity contribution is 5.81. The number of likely N-dealkylation sites (tertiary alicyclic amines) is 1. The summed E-state index contributed by atoms with van der Waals surface area (Å²) in [5, 5.41) is 1.32.